The van der Waals surface area contributed by atoms with Crippen molar-refractivity contribution in [1.29, 1.82) is 0 Å². The summed E-state index contributed by atoms with van der Waals surface area (Å²) < 4.78 is 2.63. The van der Waals surface area contributed by atoms with Crippen LogP contribution in [0.2, 0.25) is 0 Å². The van der Waals surface area contributed by atoms with Crippen LogP contribution in [-0.2, 0) is 0 Å². The van der Waals surface area contributed by atoms with E-state index in [0.717, 1.165) is 17.1 Å². The molecule has 1 heterocycles. The fraction of sp³-hybridized carbons (Fsp3) is 0. The maximum atomic E-state index is 2.36. The molecule has 0 bridgehead atoms. The first-order valence-electron chi connectivity index (χ1n) is 22.6. The molecule has 0 unspecified atom stereocenters. The number of benzene rings is 11. The van der Waals surface area contributed by atoms with Gasteiger partial charge in [0, 0.05) is 37.2 Å². The largest absolute Gasteiger partial charge is 0.311 e. The van der Waals surface area contributed by atoms with Crippen LogP contribution in [0.3, 0.4) is 0 Å². The standard InChI is InChI=1S/C64H43NS/c1-2-10-44(11-3-1)46-20-22-47(23-21-46)49-30-36-57(37-31-49)65(59-40-34-52(35-41-59)60-17-9-19-63-64(60)61-16-6-7-18-62(61)66-63)58-38-32-50(33-39-58)48-24-26-51(27-25-48)54-14-8-15-55(42-54)56-29-28-45-12-4-5-13-53(45)43-56/h1-43H. The molecule has 0 saturated carbocycles. The third kappa shape index (κ3) is 7.54. The van der Waals surface area contributed by atoms with E-state index in [1.165, 1.54) is 97.7 Å². The molecule has 11 aromatic carbocycles. The van der Waals surface area contributed by atoms with Crippen LogP contribution in [0.25, 0.3) is 97.7 Å². The predicted octanol–water partition coefficient (Wildman–Crippen LogP) is 18.7. The van der Waals surface area contributed by atoms with E-state index in [0.29, 0.717) is 0 Å². The van der Waals surface area contributed by atoms with E-state index in [9.17, 15) is 0 Å². The predicted molar refractivity (Wildman–Crippen MR) is 284 cm³/mol. The van der Waals surface area contributed by atoms with Crippen LogP contribution >= 0.6 is 11.3 Å². The Labute approximate surface area is 389 Å². The van der Waals surface area contributed by atoms with E-state index in [1.807, 2.05) is 11.3 Å². The Balaban J connectivity index is 0.854. The number of thiophene rings is 1. The summed E-state index contributed by atoms with van der Waals surface area (Å²) in [4.78, 5) is 2.36. The highest BCUT2D eigenvalue weighted by molar-refractivity contribution is 7.25. The summed E-state index contributed by atoms with van der Waals surface area (Å²) in [6.45, 7) is 0. The second kappa shape index (κ2) is 17.0. The third-order valence-electron chi connectivity index (χ3n) is 12.9. The molecule has 66 heavy (non-hydrogen) atoms. The van der Waals surface area contributed by atoms with Gasteiger partial charge in [0.25, 0.3) is 0 Å². The minimum atomic E-state index is 1.10. The van der Waals surface area contributed by atoms with Gasteiger partial charge in [0.2, 0.25) is 0 Å². The van der Waals surface area contributed by atoms with Gasteiger partial charge < -0.3 is 4.90 Å². The lowest BCUT2D eigenvalue weighted by Crippen LogP contribution is -2.09. The van der Waals surface area contributed by atoms with Crippen molar-refractivity contribution < 1.29 is 0 Å². The van der Waals surface area contributed by atoms with Crippen molar-refractivity contribution in [2.24, 2.45) is 0 Å². The van der Waals surface area contributed by atoms with Crippen LogP contribution < -0.4 is 4.90 Å². The van der Waals surface area contributed by atoms with E-state index >= 15 is 0 Å². The Morgan fingerprint density at radius 2 is 0.636 bits per heavy atom. The summed E-state index contributed by atoms with van der Waals surface area (Å²) in [6, 6.07) is 95.0. The molecule has 310 valence electrons. The summed E-state index contributed by atoms with van der Waals surface area (Å²) in [7, 11) is 0. The molecule has 1 nitrogen and oxygen atoms in total. The number of nitrogens with zero attached hydrogens (tertiary/aromatic N) is 1. The Morgan fingerprint density at radius 1 is 0.242 bits per heavy atom. The van der Waals surface area contributed by atoms with E-state index in [1.54, 1.807) is 0 Å². The zero-order valence-corrected chi connectivity index (χ0v) is 37.0. The van der Waals surface area contributed by atoms with Crippen molar-refractivity contribution in [3.8, 4) is 66.8 Å². The van der Waals surface area contributed by atoms with Crippen LogP contribution in [0.5, 0.6) is 0 Å². The molecule has 0 radical (unpaired) electrons. The van der Waals surface area contributed by atoms with Crippen LogP contribution in [-0.4, -0.2) is 0 Å². The lowest BCUT2D eigenvalue weighted by Gasteiger charge is -2.26. The summed E-state index contributed by atoms with van der Waals surface area (Å²) in [5, 5.41) is 5.16. The van der Waals surface area contributed by atoms with Gasteiger partial charge in [-0.2, -0.15) is 0 Å². The van der Waals surface area contributed by atoms with Crippen LogP contribution in [0.1, 0.15) is 0 Å². The average Bonchev–Trinajstić information content (AvgIpc) is 3.79. The molecule has 1 aromatic heterocycles. The summed E-state index contributed by atoms with van der Waals surface area (Å²) in [6.07, 6.45) is 0. The molecule has 0 aliphatic heterocycles. The minimum absolute atomic E-state index is 1.10. The van der Waals surface area contributed by atoms with E-state index in [4.69, 9.17) is 0 Å². The van der Waals surface area contributed by atoms with Gasteiger partial charge in [-0.05, 0) is 138 Å². The van der Waals surface area contributed by atoms with Crippen molar-refractivity contribution in [2.75, 3.05) is 4.90 Å². The normalized spacial score (nSPS) is 11.3. The van der Waals surface area contributed by atoms with Crippen LogP contribution in [0, 0.1) is 0 Å². The highest BCUT2D eigenvalue weighted by Gasteiger charge is 2.16. The van der Waals surface area contributed by atoms with Gasteiger partial charge >= 0.3 is 0 Å². The van der Waals surface area contributed by atoms with Gasteiger partial charge in [-0.25, -0.2) is 0 Å². The molecule has 12 aromatic rings. The van der Waals surface area contributed by atoms with Crippen molar-refractivity contribution in [3.05, 3.63) is 261 Å². The minimum Gasteiger partial charge on any atom is -0.311 e. The van der Waals surface area contributed by atoms with Gasteiger partial charge in [-0.15, -0.1) is 11.3 Å². The number of fused-ring (bicyclic) bond motifs is 4. The van der Waals surface area contributed by atoms with Crippen molar-refractivity contribution >= 4 is 59.3 Å². The SMILES string of the molecule is c1ccc(-c2ccc(-c3ccc(N(c4ccc(-c5ccc(-c6cccc(-c7ccc8ccccc8c7)c6)cc5)cc4)c4ccc(-c5cccc6sc7ccccc7c56)cc4)cc3)cc2)cc1. The second-order valence-electron chi connectivity index (χ2n) is 16.9. The maximum Gasteiger partial charge on any atom is 0.0462 e. The Bertz CT molecular complexity index is 3640. The summed E-state index contributed by atoms with van der Waals surface area (Å²) in [5.41, 5.74) is 17.8. The Hall–Kier alpha value is -8.30. The molecule has 0 spiro atoms. The smallest absolute Gasteiger partial charge is 0.0462 e. The fourth-order valence-electron chi connectivity index (χ4n) is 9.45. The van der Waals surface area contributed by atoms with E-state index in [2.05, 4.69) is 266 Å². The second-order valence-corrected chi connectivity index (χ2v) is 18.0. The lowest BCUT2D eigenvalue weighted by molar-refractivity contribution is 1.28. The van der Waals surface area contributed by atoms with E-state index in [-0.39, 0.29) is 0 Å². The number of anilines is 3. The van der Waals surface area contributed by atoms with Gasteiger partial charge in [0.05, 0.1) is 0 Å². The lowest BCUT2D eigenvalue weighted by atomic mass is 9.96. The average molecular weight is 858 g/mol. The zero-order chi connectivity index (χ0) is 43.8. The molecule has 0 atom stereocenters. The molecule has 0 amide bonds. The molecule has 0 aliphatic carbocycles. The third-order valence-corrected chi connectivity index (χ3v) is 14.0. The van der Waals surface area contributed by atoms with Gasteiger partial charge in [0.15, 0.2) is 0 Å². The first-order valence-corrected chi connectivity index (χ1v) is 23.4. The Kier molecular flexibility index (Phi) is 10.1. The first-order chi connectivity index (χ1) is 32.7. The number of rotatable bonds is 9. The van der Waals surface area contributed by atoms with Crippen molar-refractivity contribution in [1.82, 2.24) is 0 Å². The molecule has 12 rings (SSSR count). The summed E-state index contributed by atoms with van der Waals surface area (Å²) in [5.74, 6) is 0. The molecular weight excluding hydrogens is 815 g/mol. The monoisotopic (exact) mass is 857 g/mol. The molecule has 0 N–H and O–H groups in total. The topological polar surface area (TPSA) is 3.24 Å². The molecular formula is C64H43NS. The molecule has 0 fully saturated rings. The summed E-state index contributed by atoms with van der Waals surface area (Å²) >= 11 is 1.86. The number of hydrogen-bond donors (Lipinski definition) is 0. The Morgan fingerprint density at radius 3 is 1.24 bits per heavy atom. The van der Waals surface area contributed by atoms with Gasteiger partial charge in [-0.3, -0.25) is 0 Å². The van der Waals surface area contributed by atoms with Crippen LogP contribution in [0.4, 0.5) is 17.1 Å². The van der Waals surface area contributed by atoms with Crippen molar-refractivity contribution in [3.63, 3.8) is 0 Å². The highest BCUT2D eigenvalue weighted by atomic mass is 32.1. The maximum absolute atomic E-state index is 2.36. The van der Waals surface area contributed by atoms with Gasteiger partial charge in [0.1, 0.15) is 0 Å². The quantitative estimate of drug-likeness (QED) is 0.140. The fourth-order valence-corrected chi connectivity index (χ4v) is 10.6. The zero-order valence-electron chi connectivity index (χ0n) is 36.2. The number of hydrogen-bond acceptors (Lipinski definition) is 2. The van der Waals surface area contributed by atoms with Crippen molar-refractivity contribution in [2.45, 2.75) is 0 Å². The first kappa shape index (κ1) is 39.3. The molecule has 0 saturated heterocycles. The molecule has 2 heteroatoms. The molecule has 0 aliphatic rings. The highest BCUT2D eigenvalue weighted by Crippen LogP contribution is 2.42. The van der Waals surface area contributed by atoms with E-state index < -0.39 is 0 Å². The van der Waals surface area contributed by atoms with Gasteiger partial charge in [-0.1, -0.05) is 200 Å². The van der Waals surface area contributed by atoms with Crippen LogP contribution in [0.15, 0.2) is 261 Å².